The quantitative estimate of drug-likeness (QED) is 0.585. The van der Waals surface area contributed by atoms with Crippen molar-refractivity contribution in [3.63, 3.8) is 0 Å². The molecule has 0 atom stereocenters. The third-order valence-electron chi connectivity index (χ3n) is 3.21. The molecule has 0 aliphatic heterocycles. The molecular weight excluding hydrogens is 381 g/mol. The van der Waals surface area contributed by atoms with Crippen LogP contribution in [0, 0.1) is 0 Å². The van der Waals surface area contributed by atoms with Crippen LogP contribution in [0.15, 0.2) is 58.2 Å². The minimum atomic E-state index is -0.133. The molecule has 0 saturated heterocycles. The van der Waals surface area contributed by atoms with Crippen LogP contribution in [0.3, 0.4) is 0 Å². The molecule has 1 aromatic heterocycles. The average molecular weight is 394 g/mol. The summed E-state index contributed by atoms with van der Waals surface area (Å²) in [5.74, 6) is 0.723. The third-order valence-corrected chi connectivity index (χ3v) is 4.69. The van der Waals surface area contributed by atoms with Crippen molar-refractivity contribution in [2.45, 2.75) is 11.6 Å². The van der Waals surface area contributed by atoms with Crippen LogP contribution in [0.1, 0.15) is 6.42 Å². The molecule has 2 aromatic carbocycles. The van der Waals surface area contributed by atoms with Crippen molar-refractivity contribution in [2.75, 3.05) is 11.1 Å². The van der Waals surface area contributed by atoms with Crippen LogP contribution in [-0.4, -0.2) is 21.9 Å². The van der Waals surface area contributed by atoms with Crippen molar-refractivity contribution in [3.05, 3.63) is 58.6 Å². The van der Waals surface area contributed by atoms with E-state index in [-0.39, 0.29) is 5.91 Å². The number of aromatic nitrogens is 2. The predicted molar refractivity (Wildman–Crippen MR) is 100 cm³/mol. The zero-order valence-corrected chi connectivity index (χ0v) is 15.2. The predicted octanol–water partition coefficient (Wildman–Crippen LogP) is 5.16. The van der Waals surface area contributed by atoms with E-state index in [0.29, 0.717) is 44.6 Å². The number of rotatable bonds is 6. The van der Waals surface area contributed by atoms with Gasteiger partial charge in [0.1, 0.15) is 0 Å². The third kappa shape index (κ3) is 4.75. The first-order valence-corrected chi connectivity index (χ1v) is 9.13. The highest BCUT2D eigenvalue weighted by atomic mass is 35.5. The molecule has 0 spiro atoms. The van der Waals surface area contributed by atoms with E-state index < -0.39 is 0 Å². The number of hydrogen-bond acceptors (Lipinski definition) is 5. The number of halogens is 2. The van der Waals surface area contributed by atoms with Gasteiger partial charge in [0.05, 0.1) is 21.3 Å². The van der Waals surface area contributed by atoms with Gasteiger partial charge in [0, 0.05) is 12.2 Å². The topological polar surface area (TPSA) is 68.0 Å². The lowest BCUT2D eigenvalue weighted by atomic mass is 10.2. The van der Waals surface area contributed by atoms with Crippen LogP contribution in [0.25, 0.3) is 11.5 Å². The molecule has 0 saturated carbocycles. The van der Waals surface area contributed by atoms with Gasteiger partial charge in [-0.3, -0.25) is 4.79 Å². The molecule has 128 valence electrons. The first-order chi connectivity index (χ1) is 12.1. The Kier molecular flexibility index (Phi) is 5.96. The zero-order chi connectivity index (χ0) is 17.6. The maximum absolute atomic E-state index is 12.0. The molecule has 3 rings (SSSR count). The van der Waals surface area contributed by atoms with E-state index in [2.05, 4.69) is 15.5 Å². The molecule has 1 amide bonds. The molecule has 0 aliphatic rings. The average Bonchev–Trinajstić information content (AvgIpc) is 3.06. The molecule has 0 aliphatic carbocycles. The lowest BCUT2D eigenvalue weighted by Crippen LogP contribution is -2.12. The number of hydrogen-bond donors (Lipinski definition) is 1. The van der Waals surface area contributed by atoms with Gasteiger partial charge in [-0.2, -0.15) is 0 Å². The minimum absolute atomic E-state index is 0.133. The second-order valence-electron chi connectivity index (χ2n) is 4.98. The Hall–Kier alpha value is -2.02. The fourth-order valence-electron chi connectivity index (χ4n) is 2.02. The summed E-state index contributed by atoms with van der Waals surface area (Å²) in [6, 6.07) is 14.3. The van der Waals surface area contributed by atoms with E-state index in [0.717, 1.165) is 0 Å². The molecule has 5 nitrogen and oxygen atoms in total. The second kappa shape index (κ2) is 8.38. The van der Waals surface area contributed by atoms with E-state index in [4.69, 9.17) is 27.6 Å². The summed E-state index contributed by atoms with van der Waals surface area (Å²) < 4.78 is 5.57. The van der Waals surface area contributed by atoms with Gasteiger partial charge < -0.3 is 9.73 Å². The Labute approximate surface area is 158 Å². The summed E-state index contributed by atoms with van der Waals surface area (Å²) in [4.78, 5) is 12.0. The van der Waals surface area contributed by atoms with Crippen molar-refractivity contribution in [1.82, 2.24) is 10.2 Å². The normalized spacial score (nSPS) is 10.6. The molecular formula is C17H13Cl2N3O2S. The summed E-state index contributed by atoms with van der Waals surface area (Å²) in [7, 11) is 0. The number of amides is 1. The highest BCUT2D eigenvalue weighted by Crippen LogP contribution is 2.29. The van der Waals surface area contributed by atoms with Crippen LogP contribution in [0.5, 0.6) is 0 Å². The minimum Gasteiger partial charge on any atom is -0.411 e. The van der Waals surface area contributed by atoms with Gasteiger partial charge in [-0.1, -0.05) is 59.2 Å². The largest absolute Gasteiger partial charge is 0.411 e. The van der Waals surface area contributed by atoms with Gasteiger partial charge in [-0.05, 0) is 24.3 Å². The molecule has 25 heavy (non-hydrogen) atoms. The Morgan fingerprint density at radius 3 is 2.52 bits per heavy atom. The SMILES string of the molecule is O=C(CCSc1nnc(-c2ccccc2Cl)o1)Nc1ccccc1Cl. The molecule has 8 heteroatoms. The smallest absolute Gasteiger partial charge is 0.276 e. The van der Waals surface area contributed by atoms with Crippen molar-refractivity contribution in [2.24, 2.45) is 0 Å². The lowest BCUT2D eigenvalue weighted by Gasteiger charge is -2.05. The van der Waals surface area contributed by atoms with Crippen molar-refractivity contribution >= 4 is 46.6 Å². The van der Waals surface area contributed by atoms with E-state index >= 15 is 0 Å². The zero-order valence-electron chi connectivity index (χ0n) is 12.9. The number of benzene rings is 2. The Bertz CT molecular complexity index is 886. The van der Waals surface area contributed by atoms with Gasteiger partial charge in [0.15, 0.2) is 0 Å². The van der Waals surface area contributed by atoms with Gasteiger partial charge in [-0.15, -0.1) is 10.2 Å². The standard InChI is InChI=1S/C17H13Cl2N3O2S/c18-12-6-2-1-5-11(12)16-21-22-17(24-16)25-10-9-15(23)20-14-8-4-3-7-13(14)19/h1-8H,9-10H2,(H,20,23). The fourth-order valence-corrected chi connectivity index (χ4v) is 3.12. The van der Waals surface area contributed by atoms with Crippen LogP contribution in [0.4, 0.5) is 5.69 Å². The number of carbonyl (C=O) groups excluding carboxylic acids is 1. The Balaban J connectivity index is 1.52. The molecule has 0 bridgehead atoms. The molecule has 1 heterocycles. The molecule has 0 unspecified atom stereocenters. The number of nitrogens with one attached hydrogen (secondary N) is 1. The van der Waals surface area contributed by atoms with E-state index in [1.54, 1.807) is 30.3 Å². The maximum Gasteiger partial charge on any atom is 0.276 e. The Morgan fingerprint density at radius 2 is 1.76 bits per heavy atom. The van der Waals surface area contributed by atoms with Crippen LogP contribution in [0.2, 0.25) is 10.0 Å². The van der Waals surface area contributed by atoms with Crippen LogP contribution >= 0.6 is 35.0 Å². The fraction of sp³-hybridized carbons (Fsp3) is 0.118. The highest BCUT2D eigenvalue weighted by Gasteiger charge is 2.12. The molecule has 0 fully saturated rings. The number of para-hydroxylation sites is 1. The summed E-state index contributed by atoms with van der Waals surface area (Å²) >= 11 is 13.4. The van der Waals surface area contributed by atoms with E-state index in [9.17, 15) is 4.79 Å². The number of anilines is 1. The van der Waals surface area contributed by atoms with Crippen LogP contribution in [-0.2, 0) is 4.79 Å². The monoisotopic (exact) mass is 393 g/mol. The summed E-state index contributed by atoms with van der Waals surface area (Å²) in [6.45, 7) is 0. The number of carbonyl (C=O) groups is 1. The van der Waals surface area contributed by atoms with Crippen molar-refractivity contribution in [3.8, 4) is 11.5 Å². The van der Waals surface area contributed by atoms with Gasteiger partial charge in [0.2, 0.25) is 11.8 Å². The maximum atomic E-state index is 12.0. The highest BCUT2D eigenvalue weighted by molar-refractivity contribution is 7.99. The van der Waals surface area contributed by atoms with Crippen molar-refractivity contribution in [1.29, 1.82) is 0 Å². The second-order valence-corrected chi connectivity index (χ2v) is 6.84. The first kappa shape index (κ1) is 17.8. The van der Waals surface area contributed by atoms with E-state index in [1.165, 1.54) is 11.8 Å². The van der Waals surface area contributed by atoms with Gasteiger partial charge >= 0.3 is 0 Å². The summed E-state index contributed by atoms with van der Waals surface area (Å²) in [6.07, 6.45) is 0.291. The Morgan fingerprint density at radius 1 is 1.04 bits per heavy atom. The number of thioether (sulfide) groups is 1. The van der Waals surface area contributed by atoms with Crippen LogP contribution < -0.4 is 5.32 Å². The van der Waals surface area contributed by atoms with Gasteiger partial charge in [0.25, 0.3) is 5.22 Å². The van der Waals surface area contributed by atoms with Gasteiger partial charge in [-0.25, -0.2) is 0 Å². The molecule has 3 aromatic rings. The van der Waals surface area contributed by atoms with E-state index in [1.807, 2.05) is 18.2 Å². The first-order valence-electron chi connectivity index (χ1n) is 7.39. The number of nitrogens with zero attached hydrogens (tertiary/aromatic N) is 2. The molecule has 1 N–H and O–H groups in total. The summed E-state index contributed by atoms with van der Waals surface area (Å²) in [5, 5.41) is 12.2. The van der Waals surface area contributed by atoms with Crippen molar-refractivity contribution < 1.29 is 9.21 Å². The molecule has 0 radical (unpaired) electrons. The lowest BCUT2D eigenvalue weighted by molar-refractivity contribution is -0.115. The summed E-state index contributed by atoms with van der Waals surface area (Å²) in [5.41, 5.74) is 1.28.